The Bertz CT molecular complexity index is 372. The van der Waals surface area contributed by atoms with Crippen molar-refractivity contribution in [2.75, 3.05) is 32.8 Å². The summed E-state index contributed by atoms with van der Waals surface area (Å²) in [5.74, 6) is 0. The third kappa shape index (κ3) is 3.28. The van der Waals surface area contributed by atoms with Crippen molar-refractivity contribution in [2.24, 2.45) is 0 Å². The smallest absolute Gasteiger partial charge is 0.0919 e. The van der Waals surface area contributed by atoms with Gasteiger partial charge in [0.25, 0.3) is 0 Å². The predicted molar refractivity (Wildman–Crippen MR) is 68.1 cm³/mol. The Balaban J connectivity index is 2.00. The van der Waals surface area contributed by atoms with Crippen LogP contribution < -0.4 is 0 Å². The summed E-state index contributed by atoms with van der Waals surface area (Å²) in [6, 6.07) is 6.22. The molecular weight excluding hydrogens is 214 g/mol. The van der Waals surface area contributed by atoms with Gasteiger partial charge in [0, 0.05) is 19.6 Å². The summed E-state index contributed by atoms with van der Waals surface area (Å²) in [7, 11) is 0. The number of hydrogen-bond acceptors (Lipinski definition) is 3. The first-order chi connectivity index (χ1) is 8.16. The van der Waals surface area contributed by atoms with E-state index in [0.29, 0.717) is 6.54 Å². The summed E-state index contributed by atoms with van der Waals surface area (Å²) in [4.78, 5) is 2.26. The van der Waals surface area contributed by atoms with Crippen LogP contribution in [-0.2, 0) is 4.74 Å². The second-order valence-electron chi connectivity index (χ2n) is 4.79. The molecule has 1 aliphatic rings. The van der Waals surface area contributed by atoms with Crippen LogP contribution in [0.15, 0.2) is 18.2 Å². The van der Waals surface area contributed by atoms with E-state index >= 15 is 0 Å². The van der Waals surface area contributed by atoms with Crippen LogP contribution in [0.4, 0.5) is 0 Å². The van der Waals surface area contributed by atoms with E-state index in [1.54, 1.807) is 0 Å². The zero-order chi connectivity index (χ0) is 12.3. The molecule has 1 unspecified atom stereocenters. The van der Waals surface area contributed by atoms with Crippen molar-refractivity contribution in [3.8, 4) is 0 Å². The predicted octanol–water partition coefficient (Wildman–Crippen LogP) is 1.67. The third-order valence-electron chi connectivity index (χ3n) is 3.32. The van der Waals surface area contributed by atoms with Gasteiger partial charge in [0.1, 0.15) is 0 Å². The first-order valence-electron chi connectivity index (χ1n) is 6.22. The lowest BCUT2D eigenvalue weighted by Crippen LogP contribution is -2.38. The van der Waals surface area contributed by atoms with Crippen LogP contribution >= 0.6 is 0 Å². The Morgan fingerprint density at radius 2 is 2.00 bits per heavy atom. The van der Waals surface area contributed by atoms with Gasteiger partial charge in [-0.25, -0.2) is 0 Å². The molecule has 0 aromatic heterocycles. The van der Waals surface area contributed by atoms with Gasteiger partial charge in [-0.3, -0.25) is 4.90 Å². The number of morpholine rings is 1. The lowest BCUT2D eigenvalue weighted by molar-refractivity contribution is 0.0142. The normalized spacial score (nSPS) is 19.2. The molecule has 1 heterocycles. The number of benzene rings is 1. The summed E-state index contributed by atoms with van der Waals surface area (Å²) >= 11 is 0. The monoisotopic (exact) mass is 235 g/mol. The molecule has 3 heteroatoms. The van der Waals surface area contributed by atoms with Crippen molar-refractivity contribution >= 4 is 0 Å². The maximum Gasteiger partial charge on any atom is 0.0919 e. The first kappa shape index (κ1) is 12.6. The molecule has 0 saturated carbocycles. The van der Waals surface area contributed by atoms with E-state index < -0.39 is 6.10 Å². The van der Waals surface area contributed by atoms with Gasteiger partial charge in [-0.05, 0) is 25.0 Å². The number of hydrogen-bond donors (Lipinski definition) is 1. The molecule has 1 fully saturated rings. The zero-order valence-corrected chi connectivity index (χ0v) is 10.6. The largest absolute Gasteiger partial charge is 0.387 e. The Morgan fingerprint density at radius 1 is 1.29 bits per heavy atom. The van der Waals surface area contributed by atoms with Gasteiger partial charge in [0.15, 0.2) is 0 Å². The number of aliphatic hydroxyl groups excluding tert-OH is 1. The van der Waals surface area contributed by atoms with E-state index in [1.807, 2.05) is 6.07 Å². The molecule has 1 N–H and O–H groups in total. The van der Waals surface area contributed by atoms with Crippen molar-refractivity contribution in [1.82, 2.24) is 4.90 Å². The fraction of sp³-hybridized carbons (Fsp3) is 0.571. The number of aryl methyl sites for hydroxylation is 2. The Kier molecular flexibility index (Phi) is 4.15. The van der Waals surface area contributed by atoms with Gasteiger partial charge in [0.2, 0.25) is 0 Å². The SMILES string of the molecule is Cc1ccc(C(O)CN2CCOCC2)c(C)c1. The summed E-state index contributed by atoms with van der Waals surface area (Å²) in [5, 5.41) is 10.3. The Hall–Kier alpha value is -0.900. The second-order valence-corrected chi connectivity index (χ2v) is 4.79. The molecule has 0 aliphatic carbocycles. The highest BCUT2D eigenvalue weighted by molar-refractivity contribution is 5.32. The van der Waals surface area contributed by atoms with Crippen molar-refractivity contribution in [3.05, 3.63) is 34.9 Å². The molecule has 0 bridgehead atoms. The van der Waals surface area contributed by atoms with Crippen LogP contribution in [0.2, 0.25) is 0 Å². The van der Waals surface area contributed by atoms with Crippen molar-refractivity contribution < 1.29 is 9.84 Å². The van der Waals surface area contributed by atoms with Gasteiger partial charge in [0.05, 0.1) is 19.3 Å². The highest BCUT2D eigenvalue weighted by atomic mass is 16.5. The molecule has 1 aromatic carbocycles. The van der Waals surface area contributed by atoms with E-state index in [9.17, 15) is 5.11 Å². The Labute approximate surface area is 103 Å². The van der Waals surface area contributed by atoms with E-state index in [1.165, 1.54) is 11.1 Å². The zero-order valence-electron chi connectivity index (χ0n) is 10.6. The third-order valence-corrected chi connectivity index (χ3v) is 3.32. The molecule has 1 atom stereocenters. The molecule has 94 valence electrons. The lowest BCUT2D eigenvalue weighted by atomic mass is 10.0. The molecule has 17 heavy (non-hydrogen) atoms. The van der Waals surface area contributed by atoms with Crippen LogP contribution in [0.25, 0.3) is 0 Å². The summed E-state index contributed by atoms with van der Waals surface area (Å²) < 4.78 is 5.30. The topological polar surface area (TPSA) is 32.7 Å². The molecule has 1 saturated heterocycles. The van der Waals surface area contributed by atoms with Gasteiger partial charge >= 0.3 is 0 Å². The maximum absolute atomic E-state index is 10.3. The summed E-state index contributed by atoms with van der Waals surface area (Å²) in [6.45, 7) is 8.23. The molecule has 2 rings (SSSR count). The highest BCUT2D eigenvalue weighted by Gasteiger charge is 2.17. The van der Waals surface area contributed by atoms with Gasteiger partial charge in [-0.15, -0.1) is 0 Å². The second kappa shape index (κ2) is 5.63. The molecule has 0 amide bonds. The lowest BCUT2D eigenvalue weighted by Gasteiger charge is -2.29. The molecule has 1 aliphatic heterocycles. The van der Waals surface area contributed by atoms with Crippen LogP contribution in [-0.4, -0.2) is 42.9 Å². The number of aliphatic hydroxyl groups is 1. The van der Waals surface area contributed by atoms with E-state index in [-0.39, 0.29) is 0 Å². The van der Waals surface area contributed by atoms with Crippen molar-refractivity contribution in [2.45, 2.75) is 20.0 Å². The number of β-amino-alcohol motifs (C(OH)–C–C–N with tert-alkyl or cyclic N) is 1. The minimum absolute atomic E-state index is 0.395. The first-order valence-corrected chi connectivity index (χ1v) is 6.22. The van der Waals surface area contributed by atoms with E-state index in [4.69, 9.17) is 4.74 Å². The van der Waals surface area contributed by atoms with E-state index in [2.05, 4.69) is 30.9 Å². The van der Waals surface area contributed by atoms with Crippen molar-refractivity contribution in [3.63, 3.8) is 0 Å². The minimum Gasteiger partial charge on any atom is -0.387 e. The molecule has 3 nitrogen and oxygen atoms in total. The summed E-state index contributed by atoms with van der Waals surface area (Å²) in [5.41, 5.74) is 3.46. The van der Waals surface area contributed by atoms with E-state index in [0.717, 1.165) is 31.9 Å². The fourth-order valence-electron chi connectivity index (χ4n) is 2.33. The molecule has 1 aromatic rings. The van der Waals surface area contributed by atoms with Gasteiger partial charge in [-0.2, -0.15) is 0 Å². The fourth-order valence-corrected chi connectivity index (χ4v) is 2.33. The average Bonchev–Trinajstić information content (AvgIpc) is 2.30. The quantitative estimate of drug-likeness (QED) is 0.865. The van der Waals surface area contributed by atoms with Crippen LogP contribution in [0.5, 0.6) is 0 Å². The van der Waals surface area contributed by atoms with Crippen LogP contribution in [0, 0.1) is 13.8 Å². The maximum atomic E-state index is 10.3. The van der Waals surface area contributed by atoms with Crippen molar-refractivity contribution in [1.29, 1.82) is 0 Å². The number of nitrogens with zero attached hydrogens (tertiary/aromatic N) is 1. The van der Waals surface area contributed by atoms with Gasteiger partial charge < -0.3 is 9.84 Å². The average molecular weight is 235 g/mol. The van der Waals surface area contributed by atoms with Crippen LogP contribution in [0.1, 0.15) is 22.8 Å². The highest BCUT2D eigenvalue weighted by Crippen LogP contribution is 2.20. The Morgan fingerprint density at radius 3 is 2.65 bits per heavy atom. The minimum atomic E-state index is -0.395. The molecule has 0 radical (unpaired) electrons. The van der Waals surface area contributed by atoms with Crippen LogP contribution in [0.3, 0.4) is 0 Å². The number of rotatable bonds is 3. The summed E-state index contributed by atoms with van der Waals surface area (Å²) in [6.07, 6.45) is -0.395. The van der Waals surface area contributed by atoms with Gasteiger partial charge in [-0.1, -0.05) is 23.8 Å². The standard InChI is InChI=1S/C14H21NO2/c1-11-3-4-13(12(2)9-11)14(16)10-15-5-7-17-8-6-15/h3-4,9,14,16H,5-8,10H2,1-2H3. The molecule has 0 spiro atoms. The number of ether oxygens (including phenoxy) is 1. The molecular formula is C14H21NO2.